The highest BCUT2D eigenvalue weighted by Gasteiger charge is 2.31. The van der Waals surface area contributed by atoms with Gasteiger partial charge < -0.3 is 10.2 Å². The zero-order chi connectivity index (χ0) is 9.97. The lowest BCUT2D eigenvalue weighted by Gasteiger charge is -2.19. The van der Waals surface area contributed by atoms with Crippen LogP contribution in [0.4, 0.5) is 0 Å². The summed E-state index contributed by atoms with van der Waals surface area (Å²) in [7, 11) is 0. The SMILES string of the molecule is OC1CCCC1OOC1CCCC1O. The standard InChI is InChI=1S/C10H18O4/c11-7-3-1-5-9(7)13-14-10-6-2-4-8(10)12/h7-12H,1-6H2. The van der Waals surface area contributed by atoms with Crippen LogP contribution in [0, 0.1) is 0 Å². The smallest absolute Gasteiger partial charge is 0.119 e. The third kappa shape index (κ3) is 2.25. The molecule has 4 unspecified atom stereocenters. The molecule has 2 aliphatic rings. The average Bonchev–Trinajstić information content (AvgIpc) is 2.72. The van der Waals surface area contributed by atoms with Gasteiger partial charge in [-0.25, -0.2) is 9.78 Å². The van der Waals surface area contributed by atoms with Crippen molar-refractivity contribution in [1.29, 1.82) is 0 Å². The Morgan fingerprint density at radius 3 is 1.43 bits per heavy atom. The van der Waals surface area contributed by atoms with Gasteiger partial charge in [0, 0.05) is 0 Å². The van der Waals surface area contributed by atoms with Crippen LogP contribution in [0.15, 0.2) is 0 Å². The molecule has 0 bridgehead atoms. The highest BCUT2D eigenvalue weighted by atomic mass is 17.2. The molecule has 0 aliphatic heterocycles. The quantitative estimate of drug-likeness (QED) is 0.524. The first-order valence-electron chi connectivity index (χ1n) is 5.45. The molecule has 4 atom stereocenters. The van der Waals surface area contributed by atoms with Gasteiger partial charge in [-0.2, -0.15) is 0 Å². The topological polar surface area (TPSA) is 58.9 Å². The highest BCUT2D eigenvalue weighted by Crippen LogP contribution is 2.26. The molecule has 0 heterocycles. The van der Waals surface area contributed by atoms with Crippen molar-refractivity contribution < 1.29 is 20.0 Å². The minimum Gasteiger partial charge on any atom is -0.390 e. The second-order valence-corrected chi connectivity index (χ2v) is 4.27. The molecule has 2 fully saturated rings. The van der Waals surface area contributed by atoms with Crippen LogP contribution in [0.5, 0.6) is 0 Å². The van der Waals surface area contributed by atoms with Crippen LogP contribution >= 0.6 is 0 Å². The number of rotatable bonds is 3. The van der Waals surface area contributed by atoms with Crippen molar-refractivity contribution in [2.24, 2.45) is 0 Å². The fraction of sp³-hybridized carbons (Fsp3) is 1.00. The van der Waals surface area contributed by atoms with Gasteiger partial charge in [-0.05, 0) is 38.5 Å². The van der Waals surface area contributed by atoms with E-state index in [4.69, 9.17) is 9.78 Å². The van der Waals surface area contributed by atoms with Crippen LogP contribution < -0.4 is 0 Å². The van der Waals surface area contributed by atoms with Crippen molar-refractivity contribution in [2.75, 3.05) is 0 Å². The Morgan fingerprint density at radius 2 is 1.14 bits per heavy atom. The van der Waals surface area contributed by atoms with E-state index in [0.717, 1.165) is 38.5 Å². The zero-order valence-corrected chi connectivity index (χ0v) is 8.26. The van der Waals surface area contributed by atoms with E-state index in [1.807, 2.05) is 0 Å². The molecule has 2 N–H and O–H groups in total. The summed E-state index contributed by atoms with van der Waals surface area (Å²) in [5.41, 5.74) is 0. The van der Waals surface area contributed by atoms with Gasteiger partial charge in [0.1, 0.15) is 12.2 Å². The molecule has 4 nitrogen and oxygen atoms in total. The molecule has 0 aromatic rings. The van der Waals surface area contributed by atoms with Crippen LogP contribution in [-0.2, 0) is 9.78 Å². The number of aliphatic hydroxyl groups excluding tert-OH is 2. The summed E-state index contributed by atoms with van der Waals surface area (Å²) in [6.07, 6.45) is 4.09. The summed E-state index contributed by atoms with van der Waals surface area (Å²) >= 11 is 0. The van der Waals surface area contributed by atoms with Gasteiger partial charge in [-0.3, -0.25) is 0 Å². The van der Waals surface area contributed by atoms with E-state index in [2.05, 4.69) is 0 Å². The number of hydrogen-bond donors (Lipinski definition) is 2. The largest absolute Gasteiger partial charge is 0.390 e. The van der Waals surface area contributed by atoms with Gasteiger partial charge in [0.05, 0.1) is 12.2 Å². The lowest BCUT2D eigenvalue weighted by Crippen LogP contribution is -2.29. The number of hydrogen-bond acceptors (Lipinski definition) is 4. The van der Waals surface area contributed by atoms with Crippen LogP contribution in [0.2, 0.25) is 0 Å². The predicted octanol–water partition coefficient (Wildman–Crippen LogP) is 0.761. The Kier molecular flexibility index (Phi) is 3.38. The molecule has 0 saturated heterocycles. The number of aliphatic hydroxyl groups is 2. The average molecular weight is 202 g/mol. The lowest BCUT2D eigenvalue weighted by atomic mass is 10.3. The summed E-state index contributed by atoms with van der Waals surface area (Å²) in [6, 6.07) is 0. The minimum atomic E-state index is -0.395. The van der Waals surface area contributed by atoms with E-state index in [1.165, 1.54) is 0 Å². The molecule has 82 valence electrons. The van der Waals surface area contributed by atoms with E-state index in [0.29, 0.717) is 0 Å². The van der Waals surface area contributed by atoms with E-state index >= 15 is 0 Å². The molecule has 14 heavy (non-hydrogen) atoms. The summed E-state index contributed by atoms with van der Waals surface area (Å²) in [6.45, 7) is 0. The first-order chi connectivity index (χ1) is 6.77. The van der Waals surface area contributed by atoms with Crippen LogP contribution in [0.1, 0.15) is 38.5 Å². The monoisotopic (exact) mass is 202 g/mol. The van der Waals surface area contributed by atoms with Crippen LogP contribution in [-0.4, -0.2) is 34.6 Å². The molecule has 0 amide bonds. The van der Waals surface area contributed by atoms with Gasteiger partial charge in [0.15, 0.2) is 0 Å². The Labute approximate surface area is 83.8 Å². The molecule has 2 rings (SSSR count). The molecule has 0 aromatic carbocycles. The van der Waals surface area contributed by atoms with Gasteiger partial charge in [-0.15, -0.1) is 0 Å². The first-order valence-corrected chi connectivity index (χ1v) is 5.45. The molecule has 2 saturated carbocycles. The summed E-state index contributed by atoms with van der Waals surface area (Å²) < 4.78 is 0. The van der Waals surface area contributed by atoms with Gasteiger partial charge in [-0.1, -0.05) is 0 Å². The Hall–Kier alpha value is -0.160. The first kappa shape index (κ1) is 10.4. The normalized spacial score (nSPS) is 43.3. The van der Waals surface area contributed by atoms with E-state index < -0.39 is 12.2 Å². The Balaban J connectivity index is 1.71. The summed E-state index contributed by atoms with van der Waals surface area (Å²) in [5.74, 6) is 0. The maximum Gasteiger partial charge on any atom is 0.119 e. The molecule has 0 aromatic heterocycles. The fourth-order valence-corrected chi connectivity index (χ4v) is 2.18. The second-order valence-electron chi connectivity index (χ2n) is 4.27. The maximum atomic E-state index is 9.46. The molecular formula is C10H18O4. The predicted molar refractivity (Wildman–Crippen MR) is 49.5 cm³/mol. The van der Waals surface area contributed by atoms with Crippen molar-refractivity contribution in [2.45, 2.75) is 62.9 Å². The Bertz CT molecular complexity index is 165. The van der Waals surface area contributed by atoms with Crippen molar-refractivity contribution >= 4 is 0 Å². The fourth-order valence-electron chi connectivity index (χ4n) is 2.18. The van der Waals surface area contributed by atoms with E-state index in [-0.39, 0.29) is 12.2 Å². The third-order valence-electron chi connectivity index (χ3n) is 3.14. The highest BCUT2D eigenvalue weighted by molar-refractivity contribution is 4.78. The maximum absolute atomic E-state index is 9.46. The second kappa shape index (κ2) is 4.57. The van der Waals surface area contributed by atoms with Gasteiger partial charge in [0.2, 0.25) is 0 Å². The molecular weight excluding hydrogens is 184 g/mol. The van der Waals surface area contributed by atoms with Crippen molar-refractivity contribution in [3.63, 3.8) is 0 Å². The van der Waals surface area contributed by atoms with Crippen LogP contribution in [0.25, 0.3) is 0 Å². The molecule has 4 heteroatoms. The van der Waals surface area contributed by atoms with Gasteiger partial charge in [0.25, 0.3) is 0 Å². The lowest BCUT2D eigenvalue weighted by molar-refractivity contribution is -0.366. The Morgan fingerprint density at radius 1 is 0.714 bits per heavy atom. The summed E-state index contributed by atoms with van der Waals surface area (Å²) in [5, 5.41) is 18.9. The van der Waals surface area contributed by atoms with Crippen molar-refractivity contribution in [3.8, 4) is 0 Å². The van der Waals surface area contributed by atoms with Crippen molar-refractivity contribution in [1.82, 2.24) is 0 Å². The molecule has 0 spiro atoms. The van der Waals surface area contributed by atoms with E-state index in [9.17, 15) is 10.2 Å². The third-order valence-corrected chi connectivity index (χ3v) is 3.14. The van der Waals surface area contributed by atoms with Gasteiger partial charge >= 0.3 is 0 Å². The van der Waals surface area contributed by atoms with Crippen molar-refractivity contribution in [3.05, 3.63) is 0 Å². The zero-order valence-electron chi connectivity index (χ0n) is 8.26. The molecule has 2 aliphatic carbocycles. The molecule has 0 radical (unpaired) electrons. The summed E-state index contributed by atoms with van der Waals surface area (Å²) in [4.78, 5) is 10.3. The van der Waals surface area contributed by atoms with E-state index in [1.54, 1.807) is 0 Å². The minimum absolute atomic E-state index is 0.192. The van der Waals surface area contributed by atoms with Crippen LogP contribution in [0.3, 0.4) is 0 Å².